The molecule has 0 bridgehead atoms. The highest BCUT2D eigenvalue weighted by atomic mass is 19.4. The Morgan fingerprint density at radius 1 is 1.39 bits per heavy atom. The van der Waals surface area contributed by atoms with Crippen molar-refractivity contribution in [3.63, 3.8) is 0 Å². The van der Waals surface area contributed by atoms with Crippen LogP contribution in [0.25, 0.3) is 16.5 Å². The zero-order valence-electron chi connectivity index (χ0n) is 9.35. The minimum atomic E-state index is -4.39. The molecule has 0 aromatic heterocycles. The average Bonchev–Trinajstić information content (AvgIpc) is 2.29. The molecule has 1 aromatic rings. The Kier molecular flexibility index (Phi) is 4.62. The summed E-state index contributed by atoms with van der Waals surface area (Å²) in [6.45, 7) is 0.299. The van der Waals surface area contributed by atoms with Gasteiger partial charge in [-0.3, -0.25) is 0 Å². The maximum atomic E-state index is 12.4. The van der Waals surface area contributed by atoms with Crippen molar-refractivity contribution >= 4 is 11.8 Å². The fourth-order valence-corrected chi connectivity index (χ4v) is 1.29. The van der Waals surface area contributed by atoms with E-state index in [0.29, 0.717) is 18.5 Å². The number of hydrogen-bond acceptors (Lipinski definition) is 2. The zero-order chi connectivity index (χ0) is 13.6. The molecule has 0 spiro atoms. The molecule has 1 rings (SSSR count). The van der Waals surface area contributed by atoms with Crippen molar-refractivity contribution < 1.29 is 13.2 Å². The van der Waals surface area contributed by atoms with E-state index in [0.717, 1.165) is 12.1 Å². The standard InChI is InChI=1S/C11H11F3N4/c12-11(13,14)9-5-4-8(10(15)7-9)3-1-2-6-17-18-16/h1,3-5,7H,2,6,15H2. The number of anilines is 1. The number of halogens is 3. The van der Waals surface area contributed by atoms with Crippen LogP contribution < -0.4 is 5.73 Å². The lowest BCUT2D eigenvalue weighted by molar-refractivity contribution is -0.137. The summed E-state index contributed by atoms with van der Waals surface area (Å²) in [6.07, 6.45) is -0.599. The molecule has 0 saturated heterocycles. The summed E-state index contributed by atoms with van der Waals surface area (Å²) in [4.78, 5) is 2.58. The Hall–Kier alpha value is -2.14. The average molecular weight is 256 g/mol. The molecule has 0 aliphatic rings. The van der Waals surface area contributed by atoms with Gasteiger partial charge in [-0.1, -0.05) is 23.3 Å². The Balaban J connectivity index is 2.77. The normalized spacial score (nSPS) is 11.5. The second-order valence-electron chi connectivity index (χ2n) is 3.49. The van der Waals surface area contributed by atoms with Crippen molar-refractivity contribution in [2.75, 3.05) is 12.3 Å². The Labute approximate surface area is 102 Å². The first-order valence-electron chi connectivity index (χ1n) is 5.09. The predicted octanol–water partition coefficient (Wildman–Crippen LogP) is 4.00. The van der Waals surface area contributed by atoms with Gasteiger partial charge in [0, 0.05) is 17.1 Å². The number of nitrogens with two attached hydrogens (primary N) is 1. The molecule has 0 saturated carbocycles. The van der Waals surface area contributed by atoms with E-state index in [1.165, 1.54) is 6.07 Å². The zero-order valence-corrected chi connectivity index (χ0v) is 9.35. The third-order valence-electron chi connectivity index (χ3n) is 2.17. The molecule has 0 heterocycles. The SMILES string of the molecule is [N-]=[N+]=NCCC=Cc1ccc(C(F)(F)F)cc1N. The van der Waals surface area contributed by atoms with Gasteiger partial charge < -0.3 is 5.73 Å². The molecule has 7 heteroatoms. The van der Waals surface area contributed by atoms with E-state index in [-0.39, 0.29) is 5.69 Å². The van der Waals surface area contributed by atoms with E-state index in [1.807, 2.05) is 0 Å². The molecular weight excluding hydrogens is 245 g/mol. The molecule has 2 N–H and O–H groups in total. The van der Waals surface area contributed by atoms with Gasteiger partial charge in [-0.15, -0.1) is 0 Å². The largest absolute Gasteiger partial charge is 0.416 e. The molecule has 0 atom stereocenters. The lowest BCUT2D eigenvalue weighted by Gasteiger charge is -2.08. The molecule has 0 aliphatic heterocycles. The minimum Gasteiger partial charge on any atom is -0.398 e. The van der Waals surface area contributed by atoms with Crippen molar-refractivity contribution in [2.45, 2.75) is 12.6 Å². The predicted molar refractivity (Wildman–Crippen MR) is 63.5 cm³/mol. The van der Waals surface area contributed by atoms with Crippen molar-refractivity contribution in [3.8, 4) is 0 Å². The Morgan fingerprint density at radius 3 is 2.67 bits per heavy atom. The van der Waals surface area contributed by atoms with Crippen LogP contribution in [-0.2, 0) is 6.18 Å². The maximum absolute atomic E-state index is 12.4. The lowest BCUT2D eigenvalue weighted by atomic mass is 10.1. The highest BCUT2D eigenvalue weighted by Crippen LogP contribution is 2.31. The Bertz CT molecular complexity index is 488. The molecule has 4 nitrogen and oxygen atoms in total. The second kappa shape index (κ2) is 5.97. The van der Waals surface area contributed by atoms with Gasteiger partial charge in [0.2, 0.25) is 0 Å². The molecule has 1 aromatic carbocycles. The highest BCUT2D eigenvalue weighted by molar-refractivity contribution is 5.65. The van der Waals surface area contributed by atoms with E-state index in [1.54, 1.807) is 12.2 Å². The summed E-state index contributed by atoms with van der Waals surface area (Å²) in [5, 5.41) is 3.32. The second-order valence-corrected chi connectivity index (χ2v) is 3.49. The highest BCUT2D eigenvalue weighted by Gasteiger charge is 2.30. The smallest absolute Gasteiger partial charge is 0.398 e. The topological polar surface area (TPSA) is 74.8 Å². The maximum Gasteiger partial charge on any atom is 0.416 e. The number of rotatable bonds is 4. The molecule has 96 valence electrons. The quantitative estimate of drug-likeness (QED) is 0.285. The van der Waals surface area contributed by atoms with Crippen LogP contribution >= 0.6 is 0 Å². The minimum absolute atomic E-state index is 0.0601. The first kappa shape index (κ1) is 13.9. The first-order chi connectivity index (χ1) is 8.45. The van der Waals surface area contributed by atoms with Crippen LogP contribution in [0.1, 0.15) is 17.5 Å². The number of azide groups is 1. The molecule has 0 radical (unpaired) electrons. The summed E-state index contributed by atoms with van der Waals surface area (Å²) in [7, 11) is 0. The van der Waals surface area contributed by atoms with Crippen LogP contribution in [0, 0.1) is 0 Å². The van der Waals surface area contributed by atoms with Gasteiger partial charge in [0.25, 0.3) is 0 Å². The van der Waals surface area contributed by atoms with E-state index >= 15 is 0 Å². The van der Waals surface area contributed by atoms with Gasteiger partial charge in [0.15, 0.2) is 0 Å². The van der Waals surface area contributed by atoms with Gasteiger partial charge in [-0.25, -0.2) is 0 Å². The van der Waals surface area contributed by atoms with Crippen LogP contribution in [0.15, 0.2) is 29.4 Å². The van der Waals surface area contributed by atoms with E-state index in [4.69, 9.17) is 11.3 Å². The van der Waals surface area contributed by atoms with E-state index in [9.17, 15) is 13.2 Å². The van der Waals surface area contributed by atoms with Crippen LogP contribution in [0.2, 0.25) is 0 Å². The monoisotopic (exact) mass is 256 g/mol. The summed E-state index contributed by atoms with van der Waals surface area (Å²) in [5.74, 6) is 0. The van der Waals surface area contributed by atoms with Gasteiger partial charge in [0.05, 0.1) is 5.56 Å². The summed E-state index contributed by atoms with van der Waals surface area (Å²) < 4.78 is 37.1. The van der Waals surface area contributed by atoms with Gasteiger partial charge in [0.1, 0.15) is 0 Å². The third kappa shape index (κ3) is 4.03. The van der Waals surface area contributed by atoms with Gasteiger partial charge in [-0.2, -0.15) is 13.2 Å². The molecular formula is C11H11F3N4. The fourth-order valence-electron chi connectivity index (χ4n) is 1.29. The summed E-state index contributed by atoms with van der Waals surface area (Å²) in [5.41, 5.74) is 13.4. The number of benzene rings is 1. The first-order valence-corrected chi connectivity index (χ1v) is 5.09. The van der Waals surface area contributed by atoms with Crippen molar-refractivity contribution in [1.82, 2.24) is 0 Å². The molecule has 0 fully saturated rings. The van der Waals surface area contributed by atoms with Crippen molar-refractivity contribution in [2.24, 2.45) is 5.11 Å². The van der Waals surface area contributed by atoms with Crippen molar-refractivity contribution in [3.05, 3.63) is 45.8 Å². The summed E-state index contributed by atoms with van der Waals surface area (Å²) >= 11 is 0. The number of alkyl halides is 3. The van der Waals surface area contributed by atoms with Crippen LogP contribution in [0.5, 0.6) is 0 Å². The number of nitrogen functional groups attached to an aromatic ring is 1. The van der Waals surface area contributed by atoms with Crippen LogP contribution in [0.4, 0.5) is 18.9 Å². The lowest BCUT2D eigenvalue weighted by Crippen LogP contribution is -2.05. The fraction of sp³-hybridized carbons (Fsp3) is 0.273. The van der Waals surface area contributed by atoms with Crippen LogP contribution in [0.3, 0.4) is 0 Å². The Morgan fingerprint density at radius 2 is 2.11 bits per heavy atom. The molecule has 18 heavy (non-hydrogen) atoms. The van der Waals surface area contributed by atoms with Gasteiger partial charge in [-0.05, 0) is 29.6 Å². The van der Waals surface area contributed by atoms with Crippen LogP contribution in [-0.4, -0.2) is 6.54 Å². The number of hydrogen-bond donors (Lipinski definition) is 1. The third-order valence-corrected chi connectivity index (χ3v) is 2.17. The van der Waals surface area contributed by atoms with E-state index in [2.05, 4.69) is 10.0 Å². The summed E-state index contributed by atoms with van der Waals surface area (Å²) in [6, 6.07) is 3.18. The molecule has 0 unspecified atom stereocenters. The molecule has 0 aliphatic carbocycles. The van der Waals surface area contributed by atoms with Gasteiger partial charge >= 0.3 is 6.18 Å². The van der Waals surface area contributed by atoms with E-state index < -0.39 is 11.7 Å². The number of nitrogens with zero attached hydrogens (tertiary/aromatic N) is 3. The van der Waals surface area contributed by atoms with Crippen molar-refractivity contribution in [1.29, 1.82) is 0 Å². The molecule has 0 amide bonds.